The maximum atomic E-state index is 11.9. The molecule has 17 heavy (non-hydrogen) atoms. The molecular weight excluding hydrogens is 232 g/mol. The Morgan fingerprint density at radius 2 is 1.76 bits per heavy atom. The van der Waals surface area contributed by atoms with Crippen LogP contribution in [0, 0.1) is 6.92 Å². The average Bonchev–Trinajstić information content (AvgIpc) is 2.29. The molecule has 1 rings (SSSR count). The van der Waals surface area contributed by atoms with Crippen LogP contribution in [0.2, 0.25) is 0 Å². The fourth-order valence-electron chi connectivity index (χ4n) is 1.48. The van der Waals surface area contributed by atoms with E-state index in [1.54, 1.807) is 18.2 Å². The fourth-order valence-corrected chi connectivity index (χ4v) is 2.61. The van der Waals surface area contributed by atoms with E-state index in [2.05, 4.69) is 6.92 Å². The molecule has 0 N–H and O–H groups in total. The topological polar surface area (TPSA) is 34.1 Å². The number of benzene rings is 1. The minimum atomic E-state index is -3.15. The van der Waals surface area contributed by atoms with E-state index in [1.807, 2.05) is 25.1 Å². The molecule has 0 aliphatic carbocycles. The molecule has 3 heteroatoms. The lowest BCUT2D eigenvalue weighted by Crippen LogP contribution is -2.04. The van der Waals surface area contributed by atoms with Gasteiger partial charge in [-0.15, -0.1) is 0 Å². The summed E-state index contributed by atoms with van der Waals surface area (Å²) in [5, 5.41) is 0. The molecule has 1 aromatic rings. The van der Waals surface area contributed by atoms with E-state index in [0.717, 1.165) is 24.8 Å². The summed E-state index contributed by atoms with van der Waals surface area (Å²) in [4.78, 5) is 0.406. The molecule has 0 atom stereocenters. The molecule has 0 heterocycles. The maximum absolute atomic E-state index is 11.9. The van der Waals surface area contributed by atoms with E-state index in [-0.39, 0.29) is 5.75 Å². The Morgan fingerprint density at radius 1 is 1.12 bits per heavy atom. The van der Waals surface area contributed by atoms with Crippen LogP contribution in [0.15, 0.2) is 41.3 Å². The van der Waals surface area contributed by atoms with Crippen molar-refractivity contribution >= 4 is 9.84 Å². The highest BCUT2D eigenvalue weighted by Crippen LogP contribution is 2.12. The third kappa shape index (κ3) is 4.73. The van der Waals surface area contributed by atoms with E-state index >= 15 is 0 Å². The summed E-state index contributed by atoms with van der Waals surface area (Å²) in [5.74, 6) is 0.0970. The summed E-state index contributed by atoms with van der Waals surface area (Å²) in [6, 6.07) is 7.00. The van der Waals surface area contributed by atoms with Crippen molar-refractivity contribution in [2.75, 3.05) is 5.75 Å². The SMILES string of the molecule is CCCC/C=C/CS(=O)(=O)c1ccc(C)cc1. The lowest BCUT2D eigenvalue weighted by molar-refractivity contribution is 0.599. The predicted molar refractivity (Wildman–Crippen MR) is 71.9 cm³/mol. The Labute approximate surface area is 104 Å². The van der Waals surface area contributed by atoms with Crippen molar-refractivity contribution in [3.05, 3.63) is 42.0 Å². The van der Waals surface area contributed by atoms with Gasteiger partial charge in [0.15, 0.2) is 9.84 Å². The number of hydrogen-bond acceptors (Lipinski definition) is 2. The molecule has 0 aliphatic rings. The first-order valence-corrected chi connectivity index (χ1v) is 7.66. The molecule has 0 saturated carbocycles. The zero-order chi connectivity index (χ0) is 12.7. The molecule has 0 radical (unpaired) electrons. The number of rotatable bonds is 6. The van der Waals surface area contributed by atoms with Gasteiger partial charge < -0.3 is 0 Å². The van der Waals surface area contributed by atoms with Gasteiger partial charge >= 0.3 is 0 Å². The molecule has 0 amide bonds. The van der Waals surface area contributed by atoms with Crippen molar-refractivity contribution in [2.24, 2.45) is 0 Å². The summed E-state index contributed by atoms with van der Waals surface area (Å²) >= 11 is 0. The Balaban J connectivity index is 2.63. The molecule has 0 saturated heterocycles. The zero-order valence-corrected chi connectivity index (χ0v) is 11.3. The minimum absolute atomic E-state index is 0.0970. The number of allylic oxidation sites excluding steroid dienone is 1. The molecule has 0 spiro atoms. The van der Waals surface area contributed by atoms with Crippen LogP contribution < -0.4 is 0 Å². The second kappa shape index (κ2) is 6.60. The van der Waals surface area contributed by atoms with Crippen molar-refractivity contribution < 1.29 is 8.42 Å². The molecule has 0 aromatic heterocycles. The van der Waals surface area contributed by atoms with E-state index in [1.165, 1.54) is 0 Å². The van der Waals surface area contributed by atoms with Crippen molar-refractivity contribution in [3.8, 4) is 0 Å². The van der Waals surface area contributed by atoms with Gasteiger partial charge in [-0.3, -0.25) is 0 Å². The molecule has 94 valence electrons. The summed E-state index contributed by atoms with van der Waals surface area (Å²) in [6.45, 7) is 4.07. The summed E-state index contributed by atoms with van der Waals surface area (Å²) in [7, 11) is -3.15. The van der Waals surface area contributed by atoms with Crippen molar-refractivity contribution in [1.82, 2.24) is 0 Å². The van der Waals surface area contributed by atoms with Gasteiger partial charge in [0.2, 0.25) is 0 Å². The van der Waals surface area contributed by atoms with Crippen LogP contribution in [-0.2, 0) is 9.84 Å². The number of sulfone groups is 1. The lowest BCUT2D eigenvalue weighted by Gasteiger charge is -2.01. The van der Waals surface area contributed by atoms with Crippen LogP contribution in [0.4, 0.5) is 0 Å². The van der Waals surface area contributed by atoms with Crippen LogP contribution in [-0.4, -0.2) is 14.2 Å². The fraction of sp³-hybridized carbons (Fsp3) is 0.429. The zero-order valence-electron chi connectivity index (χ0n) is 10.5. The van der Waals surface area contributed by atoms with E-state index in [4.69, 9.17) is 0 Å². The molecular formula is C14H20O2S. The van der Waals surface area contributed by atoms with E-state index in [0.29, 0.717) is 4.90 Å². The van der Waals surface area contributed by atoms with Gasteiger partial charge in [-0.2, -0.15) is 0 Å². The quantitative estimate of drug-likeness (QED) is 0.573. The lowest BCUT2D eigenvalue weighted by atomic mass is 10.2. The van der Waals surface area contributed by atoms with E-state index < -0.39 is 9.84 Å². The smallest absolute Gasteiger partial charge is 0.181 e. The van der Waals surface area contributed by atoms with Gasteiger partial charge in [0, 0.05) is 0 Å². The number of aryl methyl sites for hydroxylation is 1. The van der Waals surface area contributed by atoms with Crippen LogP contribution in [0.3, 0.4) is 0 Å². The molecule has 2 nitrogen and oxygen atoms in total. The Hall–Kier alpha value is -1.09. The summed E-state index contributed by atoms with van der Waals surface area (Å²) in [6.07, 6.45) is 6.91. The summed E-state index contributed by atoms with van der Waals surface area (Å²) in [5.41, 5.74) is 1.07. The predicted octanol–water partition coefficient (Wildman–Crippen LogP) is 3.52. The Kier molecular flexibility index (Phi) is 5.42. The third-order valence-electron chi connectivity index (χ3n) is 2.59. The normalized spacial score (nSPS) is 12.1. The monoisotopic (exact) mass is 252 g/mol. The molecule has 0 bridgehead atoms. The van der Waals surface area contributed by atoms with E-state index in [9.17, 15) is 8.42 Å². The van der Waals surface area contributed by atoms with Gasteiger partial charge in [0.25, 0.3) is 0 Å². The van der Waals surface area contributed by atoms with Gasteiger partial charge in [0.05, 0.1) is 10.6 Å². The van der Waals surface area contributed by atoms with Gasteiger partial charge in [-0.05, 0) is 25.5 Å². The highest BCUT2D eigenvalue weighted by molar-refractivity contribution is 7.91. The van der Waals surface area contributed by atoms with Crippen molar-refractivity contribution in [1.29, 1.82) is 0 Å². The van der Waals surface area contributed by atoms with Crippen LogP contribution >= 0.6 is 0 Å². The Morgan fingerprint density at radius 3 is 2.35 bits per heavy atom. The van der Waals surface area contributed by atoms with Crippen LogP contribution in [0.5, 0.6) is 0 Å². The van der Waals surface area contributed by atoms with Gasteiger partial charge in [-0.25, -0.2) is 8.42 Å². The first-order chi connectivity index (χ1) is 8.06. The highest BCUT2D eigenvalue weighted by Gasteiger charge is 2.11. The first kappa shape index (κ1) is 14.0. The molecule has 0 fully saturated rings. The maximum Gasteiger partial charge on any atom is 0.181 e. The third-order valence-corrected chi connectivity index (χ3v) is 4.21. The average molecular weight is 252 g/mol. The molecule has 1 aromatic carbocycles. The van der Waals surface area contributed by atoms with Crippen LogP contribution in [0.25, 0.3) is 0 Å². The van der Waals surface area contributed by atoms with Crippen molar-refractivity contribution in [2.45, 2.75) is 38.0 Å². The minimum Gasteiger partial charge on any atom is -0.223 e. The first-order valence-electron chi connectivity index (χ1n) is 6.00. The second-order valence-electron chi connectivity index (χ2n) is 4.21. The van der Waals surface area contributed by atoms with Crippen LogP contribution in [0.1, 0.15) is 31.7 Å². The summed E-state index contributed by atoms with van der Waals surface area (Å²) < 4.78 is 23.8. The van der Waals surface area contributed by atoms with Gasteiger partial charge in [0.1, 0.15) is 0 Å². The molecule has 0 unspecified atom stereocenters. The van der Waals surface area contributed by atoms with Gasteiger partial charge in [-0.1, -0.05) is 49.6 Å². The number of hydrogen-bond donors (Lipinski definition) is 0. The van der Waals surface area contributed by atoms with Crippen molar-refractivity contribution in [3.63, 3.8) is 0 Å². The second-order valence-corrected chi connectivity index (χ2v) is 6.24. The largest absolute Gasteiger partial charge is 0.223 e. The Bertz CT molecular complexity index is 456. The molecule has 0 aliphatic heterocycles. The highest BCUT2D eigenvalue weighted by atomic mass is 32.2. The standard InChI is InChI=1S/C14H20O2S/c1-3-4-5-6-7-12-17(15,16)14-10-8-13(2)9-11-14/h6-11H,3-5,12H2,1-2H3/b7-6+. The number of unbranched alkanes of at least 4 members (excludes halogenated alkanes) is 2.